The van der Waals surface area contributed by atoms with Gasteiger partial charge in [-0.15, -0.1) is 0 Å². The molecule has 1 aromatic carbocycles. The number of benzene rings is 1. The molecule has 0 radical (unpaired) electrons. The van der Waals surface area contributed by atoms with Crippen LogP contribution in [0.4, 0.5) is 0 Å². The van der Waals surface area contributed by atoms with Gasteiger partial charge in [-0.3, -0.25) is 0 Å². The second-order valence-electron chi connectivity index (χ2n) is 4.35. The first-order valence-corrected chi connectivity index (χ1v) is 7.87. The maximum Gasteiger partial charge on any atom is 0.354 e. The van der Waals surface area contributed by atoms with Crippen molar-refractivity contribution in [3.63, 3.8) is 0 Å². The Morgan fingerprint density at radius 1 is 1.29 bits per heavy atom. The van der Waals surface area contributed by atoms with Gasteiger partial charge in [-0.25, -0.2) is 18.2 Å². The zero-order valence-corrected chi connectivity index (χ0v) is 12.0. The molecule has 110 valence electrons. The van der Waals surface area contributed by atoms with Gasteiger partial charge in [0.1, 0.15) is 12.4 Å². The lowest BCUT2D eigenvalue weighted by atomic mass is 10.2. The molecule has 0 fully saturated rings. The fourth-order valence-corrected chi connectivity index (χ4v) is 2.36. The zero-order chi connectivity index (χ0) is 15.5. The van der Waals surface area contributed by atoms with Gasteiger partial charge in [-0.1, -0.05) is 12.1 Å². The third-order valence-electron chi connectivity index (χ3n) is 2.72. The van der Waals surface area contributed by atoms with Crippen LogP contribution in [0.3, 0.4) is 0 Å². The van der Waals surface area contributed by atoms with Crippen LogP contribution in [0.15, 0.2) is 47.5 Å². The van der Waals surface area contributed by atoms with E-state index in [4.69, 9.17) is 9.84 Å². The van der Waals surface area contributed by atoms with Crippen molar-refractivity contribution in [1.82, 2.24) is 4.98 Å². The Morgan fingerprint density at radius 2 is 2.05 bits per heavy atom. The fourth-order valence-electron chi connectivity index (χ4n) is 1.70. The molecular formula is C14H13NO5S. The summed E-state index contributed by atoms with van der Waals surface area (Å²) in [5.41, 5.74) is 0.325. The summed E-state index contributed by atoms with van der Waals surface area (Å²) in [5.74, 6) is -0.794. The molecule has 0 amide bonds. The Morgan fingerprint density at radius 3 is 2.71 bits per heavy atom. The quantitative estimate of drug-likeness (QED) is 0.904. The number of aromatic nitrogens is 1. The summed E-state index contributed by atoms with van der Waals surface area (Å²) in [6.07, 6.45) is 2.49. The number of rotatable bonds is 5. The molecule has 0 aliphatic heterocycles. The van der Waals surface area contributed by atoms with Gasteiger partial charge in [-0.05, 0) is 24.3 Å². The van der Waals surface area contributed by atoms with Crippen molar-refractivity contribution < 1.29 is 23.1 Å². The summed E-state index contributed by atoms with van der Waals surface area (Å²) in [6, 6.07) is 9.23. The number of hydrogen-bond donors (Lipinski definition) is 1. The highest BCUT2D eigenvalue weighted by atomic mass is 32.2. The van der Waals surface area contributed by atoms with Gasteiger partial charge in [-0.2, -0.15) is 0 Å². The van der Waals surface area contributed by atoms with Crippen molar-refractivity contribution in [3.05, 3.63) is 53.9 Å². The SMILES string of the molecule is CS(=O)(=O)c1cccc(OCc2cccnc2C(=O)O)c1. The van der Waals surface area contributed by atoms with Crippen molar-refractivity contribution in [3.8, 4) is 5.75 Å². The second kappa shape index (κ2) is 5.92. The van der Waals surface area contributed by atoms with Gasteiger partial charge in [0.05, 0.1) is 4.90 Å². The molecule has 1 N–H and O–H groups in total. The number of carboxylic acid groups (broad SMARTS) is 1. The van der Waals surface area contributed by atoms with Gasteiger partial charge in [0, 0.05) is 18.0 Å². The van der Waals surface area contributed by atoms with Crippen LogP contribution in [0, 0.1) is 0 Å². The minimum Gasteiger partial charge on any atom is -0.489 e. The van der Waals surface area contributed by atoms with E-state index in [1.54, 1.807) is 24.3 Å². The van der Waals surface area contributed by atoms with Crippen molar-refractivity contribution >= 4 is 15.8 Å². The molecule has 6 nitrogen and oxygen atoms in total. The molecule has 0 atom stereocenters. The van der Waals surface area contributed by atoms with Crippen LogP contribution < -0.4 is 4.74 Å². The van der Waals surface area contributed by atoms with Gasteiger partial charge in [0.25, 0.3) is 0 Å². The Balaban J connectivity index is 2.20. The molecule has 0 aliphatic rings. The number of sulfone groups is 1. The largest absolute Gasteiger partial charge is 0.489 e. The third-order valence-corrected chi connectivity index (χ3v) is 3.83. The summed E-state index contributed by atoms with van der Waals surface area (Å²) in [7, 11) is -3.32. The van der Waals surface area contributed by atoms with E-state index in [0.717, 1.165) is 6.26 Å². The van der Waals surface area contributed by atoms with Crippen LogP contribution in [-0.2, 0) is 16.4 Å². The minimum absolute atomic E-state index is 0.0112. The zero-order valence-electron chi connectivity index (χ0n) is 11.2. The van der Waals surface area contributed by atoms with Gasteiger partial charge in [0.15, 0.2) is 15.5 Å². The summed E-state index contributed by atoms with van der Waals surface area (Å²) in [4.78, 5) is 14.9. The first-order chi connectivity index (χ1) is 9.88. The van der Waals surface area contributed by atoms with Gasteiger partial charge in [0.2, 0.25) is 0 Å². The number of nitrogens with zero attached hydrogens (tertiary/aromatic N) is 1. The van der Waals surface area contributed by atoms with Gasteiger partial charge >= 0.3 is 5.97 Å². The Hall–Kier alpha value is -2.41. The molecule has 0 spiro atoms. The topological polar surface area (TPSA) is 93.6 Å². The number of hydrogen-bond acceptors (Lipinski definition) is 5. The molecule has 0 unspecified atom stereocenters. The van der Waals surface area contributed by atoms with Crippen LogP contribution >= 0.6 is 0 Å². The van der Waals surface area contributed by atoms with E-state index in [2.05, 4.69) is 4.98 Å². The highest BCUT2D eigenvalue weighted by Crippen LogP contribution is 2.19. The highest BCUT2D eigenvalue weighted by molar-refractivity contribution is 7.90. The van der Waals surface area contributed by atoms with E-state index in [-0.39, 0.29) is 17.2 Å². The average Bonchev–Trinajstić information content (AvgIpc) is 2.45. The number of aromatic carboxylic acids is 1. The van der Waals surface area contributed by atoms with Gasteiger partial charge < -0.3 is 9.84 Å². The molecule has 2 aromatic rings. The molecule has 0 saturated heterocycles. The molecule has 1 aromatic heterocycles. The molecule has 0 bridgehead atoms. The normalized spacial score (nSPS) is 11.1. The molecule has 7 heteroatoms. The van der Waals surface area contributed by atoms with Crippen LogP contribution in [0.2, 0.25) is 0 Å². The number of pyridine rings is 1. The van der Waals surface area contributed by atoms with E-state index in [0.29, 0.717) is 11.3 Å². The van der Waals surface area contributed by atoms with Crippen molar-refractivity contribution in [1.29, 1.82) is 0 Å². The van der Waals surface area contributed by atoms with E-state index in [1.165, 1.54) is 18.3 Å². The maximum absolute atomic E-state index is 11.5. The standard InChI is InChI=1S/C14H13NO5S/c1-21(18,19)12-6-2-5-11(8-12)20-9-10-4-3-7-15-13(10)14(16)17/h2-8H,9H2,1H3,(H,16,17). The Bertz CT molecular complexity index is 770. The lowest BCUT2D eigenvalue weighted by molar-refractivity contribution is 0.0687. The lowest BCUT2D eigenvalue weighted by Crippen LogP contribution is -2.08. The van der Waals surface area contributed by atoms with E-state index in [9.17, 15) is 13.2 Å². The number of carbonyl (C=O) groups is 1. The molecule has 1 heterocycles. The third kappa shape index (κ3) is 3.79. The predicted molar refractivity (Wildman–Crippen MR) is 75.1 cm³/mol. The fraction of sp³-hybridized carbons (Fsp3) is 0.143. The van der Waals surface area contributed by atoms with E-state index >= 15 is 0 Å². The molecular weight excluding hydrogens is 294 g/mol. The summed E-state index contributed by atoms with van der Waals surface area (Å²) < 4.78 is 28.4. The monoisotopic (exact) mass is 307 g/mol. The predicted octanol–water partition coefficient (Wildman–Crippen LogP) is 1.76. The second-order valence-corrected chi connectivity index (χ2v) is 6.37. The smallest absolute Gasteiger partial charge is 0.354 e. The summed E-state index contributed by atoms with van der Waals surface area (Å²) in [6.45, 7) is -0.0112. The Kier molecular flexibility index (Phi) is 4.23. The summed E-state index contributed by atoms with van der Waals surface area (Å²) in [5, 5.41) is 9.02. The van der Waals surface area contributed by atoms with Crippen molar-refractivity contribution in [2.45, 2.75) is 11.5 Å². The lowest BCUT2D eigenvalue weighted by Gasteiger charge is -2.09. The van der Waals surface area contributed by atoms with Crippen molar-refractivity contribution in [2.75, 3.05) is 6.26 Å². The van der Waals surface area contributed by atoms with E-state index in [1.807, 2.05) is 0 Å². The van der Waals surface area contributed by atoms with E-state index < -0.39 is 15.8 Å². The molecule has 21 heavy (non-hydrogen) atoms. The first-order valence-electron chi connectivity index (χ1n) is 5.98. The highest BCUT2D eigenvalue weighted by Gasteiger charge is 2.12. The van der Waals surface area contributed by atoms with Crippen LogP contribution in [0.5, 0.6) is 5.75 Å². The Labute approximate surface area is 121 Å². The summed E-state index contributed by atoms with van der Waals surface area (Å²) >= 11 is 0. The molecule has 0 aliphatic carbocycles. The van der Waals surface area contributed by atoms with Crippen LogP contribution in [0.1, 0.15) is 16.1 Å². The van der Waals surface area contributed by atoms with Crippen LogP contribution in [-0.4, -0.2) is 30.7 Å². The minimum atomic E-state index is -3.32. The van der Waals surface area contributed by atoms with Crippen molar-refractivity contribution in [2.24, 2.45) is 0 Å². The molecule has 2 rings (SSSR count). The first kappa shape index (κ1) is 15.0. The maximum atomic E-state index is 11.5. The number of carboxylic acids is 1. The number of ether oxygens (including phenoxy) is 1. The average molecular weight is 307 g/mol. The van der Waals surface area contributed by atoms with Crippen LogP contribution in [0.25, 0.3) is 0 Å². The molecule has 0 saturated carbocycles.